The Morgan fingerprint density at radius 2 is 1.69 bits per heavy atom. The van der Waals surface area contributed by atoms with Crippen molar-refractivity contribution in [3.63, 3.8) is 0 Å². The first-order valence-electron chi connectivity index (χ1n) is 9.14. The lowest BCUT2D eigenvalue weighted by molar-refractivity contribution is 0.526. The molecule has 4 aromatic rings. The smallest absolute Gasteiger partial charge is 0.137 e. The van der Waals surface area contributed by atoms with Gasteiger partial charge in [-0.15, -0.1) is 0 Å². The van der Waals surface area contributed by atoms with E-state index in [4.69, 9.17) is 0 Å². The molecule has 0 aliphatic heterocycles. The van der Waals surface area contributed by atoms with Crippen LogP contribution in [0.5, 0.6) is 0 Å². The van der Waals surface area contributed by atoms with Crippen molar-refractivity contribution in [3.05, 3.63) is 59.8 Å². The maximum Gasteiger partial charge on any atom is 0.137 e. The number of nitrogens with zero attached hydrogens (tertiary/aromatic N) is 2. The highest BCUT2D eigenvalue weighted by Gasteiger charge is 2.26. The summed E-state index contributed by atoms with van der Waals surface area (Å²) >= 11 is 0. The Balaban J connectivity index is 1.74. The largest absolute Gasteiger partial charge is 0.361 e. The number of H-pyrrole nitrogens is 2. The first-order valence-corrected chi connectivity index (χ1v) is 9.14. The molecule has 0 fully saturated rings. The summed E-state index contributed by atoms with van der Waals surface area (Å²) < 4.78 is 0. The van der Waals surface area contributed by atoms with E-state index in [1.54, 1.807) is 0 Å². The van der Waals surface area contributed by atoms with Crippen LogP contribution in [0, 0.1) is 0 Å². The normalized spacial score (nSPS) is 13.0. The van der Waals surface area contributed by atoms with Crippen molar-refractivity contribution in [2.24, 2.45) is 0 Å². The zero-order valence-electron chi connectivity index (χ0n) is 16.1. The third-order valence-corrected chi connectivity index (χ3v) is 5.25. The molecule has 2 N–H and O–H groups in total. The average Bonchev–Trinajstić information content (AvgIpc) is 3.18. The van der Waals surface area contributed by atoms with Crippen molar-refractivity contribution in [1.82, 2.24) is 19.9 Å². The molecule has 0 atom stereocenters. The number of hydrogen-bond acceptors (Lipinski definition) is 2. The molecule has 0 radical (unpaired) electrons. The van der Waals surface area contributed by atoms with Crippen LogP contribution in [0.15, 0.2) is 43.1 Å². The molecule has 0 spiro atoms. The molecule has 4 rings (SSSR count). The quantitative estimate of drug-likeness (QED) is 0.532. The van der Waals surface area contributed by atoms with Crippen LogP contribution < -0.4 is 0 Å². The van der Waals surface area contributed by atoms with Crippen LogP contribution in [0.1, 0.15) is 51.3 Å². The fourth-order valence-corrected chi connectivity index (χ4v) is 3.89. The Kier molecular flexibility index (Phi) is 3.69. The second kappa shape index (κ2) is 5.70. The van der Waals surface area contributed by atoms with Gasteiger partial charge in [-0.25, -0.2) is 4.98 Å². The lowest BCUT2D eigenvalue weighted by Crippen LogP contribution is -2.20. The van der Waals surface area contributed by atoms with E-state index >= 15 is 0 Å². The summed E-state index contributed by atoms with van der Waals surface area (Å²) in [4.78, 5) is 15.7. The lowest BCUT2D eigenvalue weighted by atomic mass is 9.79. The fourth-order valence-electron chi connectivity index (χ4n) is 3.89. The number of fused-ring (bicyclic) bond motifs is 2. The summed E-state index contributed by atoms with van der Waals surface area (Å²) in [6, 6.07) is 4.33. The zero-order chi connectivity index (χ0) is 18.5. The van der Waals surface area contributed by atoms with Gasteiger partial charge in [0.1, 0.15) is 5.65 Å². The molecular formula is C22H26N4. The Labute approximate surface area is 154 Å². The van der Waals surface area contributed by atoms with Gasteiger partial charge in [-0.1, -0.05) is 34.6 Å². The SMILES string of the molecule is CC(C)(C)c1c[nH]c2ncc(CC(C)(C)c3c[nH]c4ccncc34)cc12. The first kappa shape index (κ1) is 16.8. The summed E-state index contributed by atoms with van der Waals surface area (Å²) in [5.74, 6) is 0. The van der Waals surface area contributed by atoms with Gasteiger partial charge in [0.25, 0.3) is 0 Å². The van der Waals surface area contributed by atoms with Crippen molar-refractivity contribution in [1.29, 1.82) is 0 Å². The third kappa shape index (κ3) is 2.79. The van der Waals surface area contributed by atoms with Gasteiger partial charge in [-0.3, -0.25) is 4.98 Å². The predicted molar refractivity (Wildman–Crippen MR) is 108 cm³/mol. The lowest BCUT2D eigenvalue weighted by Gasteiger charge is -2.25. The van der Waals surface area contributed by atoms with Crippen LogP contribution in [0.4, 0.5) is 0 Å². The standard InChI is InChI=1S/C22H26N4/c1-21(2,3)17-12-26-20-15(17)8-14(10-25-20)9-22(4,5)18-13-24-19-6-7-23-11-16(18)19/h6-8,10-13,24H,9H2,1-5H3,(H,25,26). The zero-order valence-corrected chi connectivity index (χ0v) is 16.1. The number of pyridine rings is 2. The van der Waals surface area contributed by atoms with Crippen LogP contribution in [0.3, 0.4) is 0 Å². The number of rotatable bonds is 3. The molecule has 0 unspecified atom stereocenters. The van der Waals surface area contributed by atoms with Gasteiger partial charge in [-0.2, -0.15) is 0 Å². The summed E-state index contributed by atoms with van der Waals surface area (Å²) in [5, 5.41) is 2.43. The maximum absolute atomic E-state index is 4.67. The molecular weight excluding hydrogens is 320 g/mol. The van der Waals surface area contributed by atoms with E-state index in [0.717, 1.165) is 17.6 Å². The Hall–Kier alpha value is -2.62. The van der Waals surface area contributed by atoms with E-state index in [-0.39, 0.29) is 10.8 Å². The van der Waals surface area contributed by atoms with Gasteiger partial charge in [-0.05, 0) is 46.1 Å². The van der Waals surface area contributed by atoms with Crippen molar-refractivity contribution >= 4 is 21.9 Å². The number of aromatic nitrogens is 4. The van der Waals surface area contributed by atoms with E-state index in [9.17, 15) is 0 Å². The Bertz CT molecular complexity index is 1080. The minimum atomic E-state index is -0.0190. The Morgan fingerprint density at radius 3 is 2.46 bits per heavy atom. The van der Waals surface area contributed by atoms with Crippen molar-refractivity contribution in [2.75, 3.05) is 0 Å². The molecule has 4 heterocycles. The monoisotopic (exact) mass is 346 g/mol. The van der Waals surface area contributed by atoms with Crippen LogP contribution in [0.25, 0.3) is 21.9 Å². The summed E-state index contributed by atoms with van der Waals surface area (Å²) in [6.07, 6.45) is 10.9. The summed E-state index contributed by atoms with van der Waals surface area (Å²) in [7, 11) is 0. The van der Waals surface area contributed by atoms with Gasteiger partial charge in [0, 0.05) is 47.3 Å². The van der Waals surface area contributed by atoms with Crippen LogP contribution >= 0.6 is 0 Å². The van der Waals surface area contributed by atoms with Gasteiger partial charge in [0.2, 0.25) is 0 Å². The van der Waals surface area contributed by atoms with Gasteiger partial charge < -0.3 is 9.97 Å². The first-order chi connectivity index (χ1) is 12.3. The molecule has 4 heteroatoms. The molecule has 4 aromatic heterocycles. The van der Waals surface area contributed by atoms with E-state index in [0.29, 0.717) is 0 Å². The number of nitrogens with one attached hydrogen (secondary N) is 2. The molecule has 0 aromatic carbocycles. The van der Waals surface area contributed by atoms with Crippen molar-refractivity contribution < 1.29 is 0 Å². The van der Waals surface area contributed by atoms with Crippen molar-refractivity contribution in [3.8, 4) is 0 Å². The molecule has 0 saturated carbocycles. The highest BCUT2D eigenvalue weighted by molar-refractivity contribution is 5.83. The van der Waals surface area contributed by atoms with E-state index < -0.39 is 0 Å². The highest BCUT2D eigenvalue weighted by atomic mass is 14.8. The molecule has 26 heavy (non-hydrogen) atoms. The summed E-state index contributed by atoms with van der Waals surface area (Å²) in [6.45, 7) is 11.3. The average molecular weight is 346 g/mol. The fraction of sp³-hybridized carbons (Fsp3) is 0.364. The molecule has 134 valence electrons. The summed E-state index contributed by atoms with van der Waals surface area (Å²) in [5.41, 5.74) is 6.04. The minimum Gasteiger partial charge on any atom is -0.361 e. The molecule has 4 nitrogen and oxygen atoms in total. The van der Waals surface area contributed by atoms with Gasteiger partial charge in [0.15, 0.2) is 0 Å². The van der Waals surface area contributed by atoms with Crippen LogP contribution in [-0.2, 0) is 17.3 Å². The van der Waals surface area contributed by atoms with E-state index in [2.05, 4.69) is 73.0 Å². The van der Waals surface area contributed by atoms with Gasteiger partial charge >= 0.3 is 0 Å². The third-order valence-electron chi connectivity index (χ3n) is 5.25. The van der Waals surface area contributed by atoms with Crippen molar-refractivity contribution in [2.45, 2.75) is 51.9 Å². The number of aromatic amines is 2. The van der Waals surface area contributed by atoms with E-state index in [1.807, 2.05) is 24.7 Å². The highest BCUT2D eigenvalue weighted by Crippen LogP contribution is 2.34. The van der Waals surface area contributed by atoms with Gasteiger partial charge in [0.05, 0.1) is 0 Å². The van der Waals surface area contributed by atoms with E-state index in [1.165, 1.54) is 27.5 Å². The second-order valence-corrected chi connectivity index (χ2v) is 8.88. The molecule has 0 aliphatic rings. The molecule has 0 aliphatic carbocycles. The molecule has 0 bridgehead atoms. The Morgan fingerprint density at radius 1 is 0.923 bits per heavy atom. The van der Waals surface area contributed by atoms with Crippen LogP contribution in [0.2, 0.25) is 0 Å². The second-order valence-electron chi connectivity index (χ2n) is 8.88. The molecule has 0 saturated heterocycles. The minimum absolute atomic E-state index is 0.0190. The topological polar surface area (TPSA) is 57.4 Å². The predicted octanol–water partition coefficient (Wildman–Crippen LogP) is 5.26. The number of hydrogen-bond donors (Lipinski definition) is 2. The maximum atomic E-state index is 4.67. The molecule has 0 amide bonds. The van der Waals surface area contributed by atoms with Crippen LogP contribution in [-0.4, -0.2) is 19.9 Å².